The lowest BCUT2D eigenvalue weighted by Crippen LogP contribution is -2.30. The summed E-state index contributed by atoms with van der Waals surface area (Å²) in [6.45, 7) is -0.198. The van der Waals surface area contributed by atoms with Gasteiger partial charge in [-0.1, -0.05) is 12.1 Å². The molecule has 0 saturated heterocycles. The highest BCUT2D eigenvalue weighted by Gasteiger charge is 2.10. The number of methoxy groups -OCH3 is 1. The normalized spacial score (nSPS) is 10.0. The standard InChI is InChI=1S/C20H22N2O6/c1-26-16-6-2-14(3-7-16)10-11-22-19(24)13-28-20(25)15-4-8-17(9-5-15)27-12-18(21)23/h2-9H,10-13H2,1H3,(H2,21,23)(H,22,24). The molecule has 3 N–H and O–H groups in total. The second kappa shape index (κ2) is 10.6. The number of benzene rings is 2. The van der Waals surface area contributed by atoms with Crippen LogP contribution in [0.3, 0.4) is 0 Å². The van der Waals surface area contributed by atoms with Gasteiger partial charge in [0.2, 0.25) is 0 Å². The average Bonchev–Trinajstić information content (AvgIpc) is 2.71. The van der Waals surface area contributed by atoms with Crippen molar-refractivity contribution in [3.05, 3.63) is 59.7 Å². The van der Waals surface area contributed by atoms with Gasteiger partial charge in [0.25, 0.3) is 11.8 Å². The fourth-order valence-electron chi connectivity index (χ4n) is 2.25. The van der Waals surface area contributed by atoms with Crippen LogP contribution in [0.4, 0.5) is 0 Å². The van der Waals surface area contributed by atoms with Crippen molar-refractivity contribution >= 4 is 17.8 Å². The summed E-state index contributed by atoms with van der Waals surface area (Å²) in [6.07, 6.45) is 0.649. The molecule has 0 bridgehead atoms. The van der Waals surface area contributed by atoms with Gasteiger partial charge in [0.05, 0.1) is 12.7 Å². The molecule has 2 aromatic rings. The molecule has 2 rings (SSSR count). The number of nitrogens with one attached hydrogen (secondary N) is 1. The van der Waals surface area contributed by atoms with Crippen LogP contribution in [-0.4, -0.2) is 44.7 Å². The van der Waals surface area contributed by atoms with Crippen LogP contribution in [-0.2, 0) is 20.7 Å². The molecule has 0 spiro atoms. The minimum absolute atomic E-state index is 0.250. The van der Waals surface area contributed by atoms with E-state index in [4.69, 9.17) is 19.9 Å². The first-order valence-electron chi connectivity index (χ1n) is 8.56. The van der Waals surface area contributed by atoms with Crippen molar-refractivity contribution in [2.24, 2.45) is 5.73 Å². The molecule has 0 heterocycles. The Balaban J connectivity index is 1.69. The van der Waals surface area contributed by atoms with E-state index in [1.165, 1.54) is 24.3 Å². The van der Waals surface area contributed by atoms with Gasteiger partial charge in [0.15, 0.2) is 13.2 Å². The van der Waals surface area contributed by atoms with Crippen LogP contribution in [0.5, 0.6) is 11.5 Å². The fraction of sp³-hybridized carbons (Fsp3) is 0.250. The summed E-state index contributed by atoms with van der Waals surface area (Å²) in [6, 6.07) is 13.5. The van der Waals surface area contributed by atoms with Gasteiger partial charge in [-0.3, -0.25) is 9.59 Å². The molecular weight excluding hydrogens is 364 g/mol. The molecule has 0 aliphatic heterocycles. The van der Waals surface area contributed by atoms with Crippen molar-refractivity contribution in [3.8, 4) is 11.5 Å². The first-order valence-corrected chi connectivity index (χ1v) is 8.56. The van der Waals surface area contributed by atoms with Gasteiger partial charge in [-0.2, -0.15) is 0 Å². The van der Waals surface area contributed by atoms with Crippen LogP contribution >= 0.6 is 0 Å². The maximum Gasteiger partial charge on any atom is 0.338 e. The predicted molar refractivity (Wildman–Crippen MR) is 101 cm³/mol. The predicted octanol–water partition coefficient (Wildman–Crippen LogP) is 1.08. The quantitative estimate of drug-likeness (QED) is 0.590. The maximum atomic E-state index is 12.0. The summed E-state index contributed by atoms with van der Waals surface area (Å²) >= 11 is 0. The topological polar surface area (TPSA) is 117 Å². The Kier molecular flexibility index (Phi) is 7.83. The molecule has 0 aliphatic carbocycles. The Hall–Kier alpha value is -3.55. The van der Waals surface area contributed by atoms with E-state index in [0.29, 0.717) is 18.7 Å². The van der Waals surface area contributed by atoms with Gasteiger partial charge in [-0.15, -0.1) is 0 Å². The molecule has 0 saturated carbocycles. The van der Waals surface area contributed by atoms with E-state index in [0.717, 1.165) is 11.3 Å². The van der Waals surface area contributed by atoms with E-state index >= 15 is 0 Å². The molecule has 0 unspecified atom stereocenters. The van der Waals surface area contributed by atoms with E-state index in [-0.39, 0.29) is 24.7 Å². The largest absolute Gasteiger partial charge is 0.497 e. The minimum Gasteiger partial charge on any atom is -0.497 e. The van der Waals surface area contributed by atoms with Gasteiger partial charge in [-0.05, 0) is 48.4 Å². The third kappa shape index (κ3) is 6.99. The van der Waals surface area contributed by atoms with Gasteiger partial charge in [-0.25, -0.2) is 4.79 Å². The fourth-order valence-corrected chi connectivity index (χ4v) is 2.25. The van der Waals surface area contributed by atoms with Crippen LogP contribution in [0.2, 0.25) is 0 Å². The van der Waals surface area contributed by atoms with Crippen molar-refractivity contribution < 1.29 is 28.6 Å². The van der Waals surface area contributed by atoms with Gasteiger partial charge >= 0.3 is 5.97 Å². The molecule has 28 heavy (non-hydrogen) atoms. The number of carbonyl (C=O) groups excluding carboxylic acids is 3. The highest BCUT2D eigenvalue weighted by molar-refractivity contribution is 5.91. The summed E-state index contributed by atoms with van der Waals surface area (Å²) in [5.74, 6) is -0.449. The molecule has 2 amide bonds. The summed E-state index contributed by atoms with van der Waals surface area (Å²) in [4.78, 5) is 34.4. The zero-order valence-electron chi connectivity index (χ0n) is 15.5. The molecule has 0 aliphatic rings. The summed E-state index contributed by atoms with van der Waals surface area (Å²) in [7, 11) is 1.60. The molecule has 8 heteroatoms. The monoisotopic (exact) mass is 386 g/mol. The number of ether oxygens (including phenoxy) is 3. The van der Waals surface area contributed by atoms with Crippen LogP contribution in [0.25, 0.3) is 0 Å². The molecule has 0 atom stereocenters. The first kappa shape index (κ1) is 20.8. The highest BCUT2D eigenvalue weighted by atomic mass is 16.5. The number of rotatable bonds is 10. The van der Waals surface area contributed by atoms with E-state index in [9.17, 15) is 14.4 Å². The second-order valence-electron chi connectivity index (χ2n) is 5.80. The maximum absolute atomic E-state index is 12.0. The summed E-state index contributed by atoms with van der Waals surface area (Å²) in [5, 5.41) is 2.69. The Labute approximate surface area is 162 Å². The van der Waals surface area contributed by atoms with E-state index < -0.39 is 11.9 Å². The lowest BCUT2D eigenvalue weighted by Gasteiger charge is -2.08. The molecule has 0 aromatic heterocycles. The summed E-state index contributed by atoms with van der Waals surface area (Å²) < 4.78 is 15.2. The van der Waals surface area contributed by atoms with Crippen molar-refractivity contribution in [1.29, 1.82) is 0 Å². The van der Waals surface area contributed by atoms with Gasteiger partial charge in [0, 0.05) is 6.54 Å². The number of hydrogen-bond donors (Lipinski definition) is 2. The number of nitrogens with two attached hydrogens (primary N) is 1. The number of carbonyl (C=O) groups is 3. The van der Waals surface area contributed by atoms with Crippen LogP contribution in [0, 0.1) is 0 Å². The van der Waals surface area contributed by atoms with Gasteiger partial charge in [0.1, 0.15) is 11.5 Å². The minimum atomic E-state index is -0.633. The van der Waals surface area contributed by atoms with Crippen molar-refractivity contribution in [3.63, 3.8) is 0 Å². The number of hydrogen-bond acceptors (Lipinski definition) is 6. The van der Waals surface area contributed by atoms with E-state index in [2.05, 4.69) is 5.32 Å². The number of amides is 2. The molecule has 8 nitrogen and oxygen atoms in total. The number of esters is 1. The summed E-state index contributed by atoms with van der Waals surface area (Å²) in [5.41, 5.74) is 6.30. The second-order valence-corrected chi connectivity index (χ2v) is 5.80. The Morgan fingerprint density at radius 1 is 0.929 bits per heavy atom. The molecular formula is C20H22N2O6. The SMILES string of the molecule is COc1ccc(CCNC(=O)COC(=O)c2ccc(OCC(N)=O)cc2)cc1. The lowest BCUT2D eigenvalue weighted by atomic mass is 10.1. The molecule has 0 fully saturated rings. The Morgan fingerprint density at radius 3 is 2.18 bits per heavy atom. The van der Waals surface area contributed by atoms with E-state index in [1.807, 2.05) is 24.3 Å². The van der Waals surface area contributed by atoms with Crippen molar-refractivity contribution in [1.82, 2.24) is 5.32 Å². The van der Waals surface area contributed by atoms with Gasteiger partial charge < -0.3 is 25.3 Å². The smallest absolute Gasteiger partial charge is 0.338 e. The average molecular weight is 386 g/mol. The van der Waals surface area contributed by atoms with Crippen LogP contribution in [0.1, 0.15) is 15.9 Å². The van der Waals surface area contributed by atoms with Crippen molar-refractivity contribution in [2.75, 3.05) is 26.9 Å². The van der Waals surface area contributed by atoms with E-state index in [1.54, 1.807) is 7.11 Å². The van der Waals surface area contributed by atoms with Crippen molar-refractivity contribution in [2.45, 2.75) is 6.42 Å². The van der Waals surface area contributed by atoms with Crippen LogP contribution < -0.4 is 20.5 Å². The lowest BCUT2D eigenvalue weighted by molar-refractivity contribution is -0.124. The Morgan fingerprint density at radius 2 is 1.57 bits per heavy atom. The molecule has 148 valence electrons. The third-order valence-corrected chi connectivity index (χ3v) is 3.70. The van der Waals surface area contributed by atoms with Crippen LogP contribution in [0.15, 0.2) is 48.5 Å². The third-order valence-electron chi connectivity index (χ3n) is 3.70. The Bertz CT molecular complexity index is 802. The number of primary amides is 1. The highest BCUT2D eigenvalue weighted by Crippen LogP contribution is 2.13. The first-order chi connectivity index (χ1) is 13.5. The zero-order chi connectivity index (χ0) is 20.4. The molecule has 2 aromatic carbocycles. The molecule has 0 radical (unpaired) electrons. The zero-order valence-corrected chi connectivity index (χ0v) is 15.5.